The molecule has 0 bridgehead atoms. The van der Waals surface area contributed by atoms with Crippen LogP contribution in [0.15, 0.2) is 18.3 Å². The van der Waals surface area contributed by atoms with Gasteiger partial charge in [-0.25, -0.2) is 0 Å². The molecule has 0 radical (unpaired) electrons. The van der Waals surface area contributed by atoms with Gasteiger partial charge in [0, 0.05) is 22.5 Å². The van der Waals surface area contributed by atoms with Gasteiger partial charge in [0.2, 0.25) is 0 Å². The minimum atomic E-state index is 0.259. The van der Waals surface area contributed by atoms with E-state index in [0.717, 1.165) is 13.1 Å². The Kier molecular flexibility index (Phi) is 4.19. The highest BCUT2D eigenvalue weighted by atomic mass is 32.1. The predicted molar refractivity (Wildman–Crippen MR) is 77.2 cm³/mol. The van der Waals surface area contributed by atoms with Crippen LogP contribution in [-0.4, -0.2) is 16.3 Å². The molecule has 1 atom stereocenters. The summed E-state index contributed by atoms with van der Waals surface area (Å²) in [4.78, 5) is 2.78. The lowest BCUT2D eigenvalue weighted by molar-refractivity contribution is 0.547. The van der Waals surface area contributed by atoms with Gasteiger partial charge in [-0.1, -0.05) is 6.92 Å². The van der Waals surface area contributed by atoms with E-state index < -0.39 is 0 Å². The summed E-state index contributed by atoms with van der Waals surface area (Å²) >= 11 is 1.88. The van der Waals surface area contributed by atoms with Gasteiger partial charge in [0.15, 0.2) is 0 Å². The second-order valence-corrected chi connectivity index (χ2v) is 5.74. The lowest BCUT2D eigenvalue weighted by Crippen LogP contribution is -2.24. The first kappa shape index (κ1) is 13.3. The van der Waals surface area contributed by atoms with Gasteiger partial charge < -0.3 is 5.32 Å². The molecule has 18 heavy (non-hydrogen) atoms. The van der Waals surface area contributed by atoms with E-state index >= 15 is 0 Å². The molecule has 0 aliphatic heterocycles. The minimum Gasteiger partial charge on any atom is -0.305 e. The van der Waals surface area contributed by atoms with Gasteiger partial charge in [-0.2, -0.15) is 5.10 Å². The number of nitrogens with one attached hydrogen (secondary N) is 1. The summed E-state index contributed by atoms with van der Waals surface area (Å²) in [6.45, 7) is 10.5. The zero-order valence-corrected chi connectivity index (χ0v) is 12.3. The van der Waals surface area contributed by atoms with Crippen LogP contribution in [0, 0.1) is 13.8 Å². The Hall–Kier alpha value is -1.13. The number of hydrogen-bond donors (Lipinski definition) is 1. The summed E-state index contributed by atoms with van der Waals surface area (Å²) in [6.07, 6.45) is 1.89. The van der Waals surface area contributed by atoms with Gasteiger partial charge in [0.05, 0.1) is 11.7 Å². The average Bonchev–Trinajstić information content (AvgIpc) is 2.94. The van der Waals surface area contributed by atoms with E-state index in [1.165, 1.54) is 21.0 Å². The summed E-state index contributed by atoms with van der Waals surface area (Å²) in [5.41, 5.74) is 2.63. The smallest absolute Gasteiger partial charge is 0.0841 e. The molecule has 0 saturated heterocycles. The fourth-order valence-corrected chi connectivity index (χ4v) is 3.28. The maximum absolute atomic E-state index is 4.37. The molecule has 3 nitrogen and oxygen atoms in total. The van der Waals surface area contributed by atoms with Crippen LogP contribution in [0.1, 0.15) is 40.9 Å². The molecule has 2 aromatic heterocycles. The fourth-order valence-electron chi connectivity index (χ4n) is 2.15. The maximum atomic E-state index is 4.37. The molecular formula is C14H21N3S. The highest BCUT2D eigenvalue weighted by Gasteiger charge is 2.19. The summed E-state index contributed by atoms with van der Waals surface area (Å²) in [5, 5.41) is 7.94. The van der Waals surface area contributed by atoms with Crippen LogP contribution >= 0.6 is 11.3 Å². The minimum absolute atomic E-state index is 0.259. The van der Waals surface area contributed by atoms with Crippen molar-refractivity contribution in [2.24, 2.45) is 0 Å². The maximum Gasteiger partial charge on any atom is 0.0841 e. The first-order valence-electron chi connectivity index (χ1n) is 6.49. The van der Waals surface area contributed by atoms with Gasteiger partial charge in [-0.05, 0) is 45.0 Å². The van der Waals surface area contributed by atoms with E-state index in [2.05, 4.69) is 54.9 Å². The van der Waals surface area contributed by atoms with E-state index in [1.54, 1.807) is 0 Å². The zero-order valence-electron chi connectivity index (χ0n) is 11.5. The number of rotatable bonds is 5. The second-order valence-electron chi connectivity index (χ2n) is 4.45. The largest absolute Gasteiger partial charge is 0.305 e. The number of hydrogen-bond acceptors (Lipinski definition) is 3. The molecule has 0 spiro atoms. The van der Waals surface area contributed by atoms with Crippen LogP contribution in [0.2, 0.25) is 0 Å². The molecule has 0 saturated carbocycles. The van der Waals surface area contributed by atoms with Crippen molar-refractivity contribution < 1.29 is 0 Å². The molecule has 0 amide bonds. The number of nitrogens with zero attached hydrogens (tertiary/aromatic N) is 2. The van der Waals surface area contributed by atoms with Gasteiger partial charge >= 0.3 is 0 Å². The van der Waals surface area contributed by atoms with Crippen LogP contribution in [0.5, 0.6) is 0 Å². The Labute approximate surface area is 113 Å². The van der Waals surface area contributed by atoms with Gasteiger partial charge in [-0.15, -0.1) is 11.3 Å². The molecule has 1 unspecified atom stereocenters. The predicted octanol–water partition coefficient (Wildman–Crippen LogP) is 3.28. The van der Waals surface area contributed by atoms with Crippen LogP contribution in [0.4, 0.5) is 0 Å². The van der Waals surface area contributed by atoms with Crippen LogP contribution < -0.4 is 5.32 Å². The van der Waals surface area contributed by atoms with Gasteiger partial charge in [-0.3, -0.25) is 4.68 Å². The summed E-state index contributed by atoms with van der Waals surface area (Å²) in [6, 6.07) is 4.66. The van der Waals surface area contributed by atoms with E-state index in [0.29, 0.717) is 0 Å². The molecule has 98 valence electrons. The summed E-state index contributed by atoms with van der Waals surface area (Å²) in [5.74, 6) is 0. The lowest BCUT2D eigenvalue weighted by atomic mass is 10.1. The highest BCUT2D eigenvalue weighted by Crippen LogP contribution is 2.30. The second kappa shape index (κ2) is 5.67. The Bertz CT molecular complexity index is 493. The summed E-state index contributed by atoms with van der Waals surface area (Å²) < 4.78 is 2.07. The van der Waals surface area contributed by atoms with Crippen molar-refractivity contribution in [1.29, 1.82) is 0 Å². The van der Waals surface area contributed by atoms with E-state index in [1.807, 2.05) is 17.5 Å². The van der Waals surface area contributed by atoms with Gasteiger partial charge in [0.1, 0.15) is 0 Å². The highest BCUT2D eigenvalue weighted by molar-refractivity contribution is 7.12. The Morgan fingerprint density at radius 2 is 2.17 bits per heavy atom. The third-order valence-corrected chi connectivity index (χ3v) is 4.44. The van der Waals surface area contributed by atoms with Crippen LogP contribution in [0.25, 0.3) is 0 Å². The molecule has 4 heteroatoms. The molecule has 1 N–H and O–H groups in total. The normalized spacial score (nSPS) is 12.9. The quantitative estimate of drug-likeness (QED) is 0.897. The van der Waals surface area contributed by atoms with Gasteiger partial charge in [0.25, 0.3) is 0 Å². The molecule has 2 rings (SSSR count). The Morgan fingerprint density at radius 1 is 1.39 bits per heavy atom. The van der Waals surface area contributed by atoms with Crippen molar-refractivity contribution in [3.63, 3.8) is 0 Å². The molecule has 0 fully saturated rings. The first-order valence-corrected chi connectivity index (χ1v) is 7.31. The monoisotopic (exact) mass is 263 g/mol. The van der Waals surface area contributed by atoms with E-state index in [-0.39, 0.29) is 6.04 Å². The van der Waals surface area contributed by atoms with Crippen molar-refractivity contribution in [2.75, 3.05) is 6.54 Å². The van der Waals surface area contributed by atoms with Crippen molar-refractivity contribution in [1.82, 2.24) is 15.1 Å². The van der Waals surface area contributed by atoms with Crippen molar-refractivity contribution in [3.8, 4) is 0 Å². The average molecular weight is 263 g/mol. The number of aryl methyl sites for hydroxylation is 3. The molecule has 0 aliphatic rings. The molecule has 0 aliphatic carbocycles. The lowest BCUT2D eigenvalue weighted by Gasteiger charge is -2.17. The first-order chi connectivity index (χ1) is 8.67. The topological polar surface area (TPSA) is 29.9 Å². The van der Waals surface area contributed by atoms with E-state index in [4.69, 9.17) is 0 Å². The Balaban J connectivity index is 2.39. The Morgan fingerprint density at radius 3 is 2.72 bits per heavy atom. The SMILES string of the molecule is CCNC(c1cc(C)c(C)s1)c1ccnn1CC. The third kappa shape index (κ3) is 2.49. The third-order valence-electron chi connectivity index (χ3n) is 3.22. The molecule has 2 heterocycles. The molecule has 2 aromatic rings. The van der Waals surface area contributed by atoms with Crippen molar-refractivity contribution in [2.45, 2.75) is 40.3 Å². The van der Waals surface area contributed by atoms with Crippen molar-refractivity contribution >= 4 is 11.3 Å². The number of thiophene rings is 1. The number of aromatic nitrogens is 2. The zero-order chi connectivity index (χ0) is 13.1. The van der Waals surface area contributed by atoms with Crippen molar-refractivity contribution in [3.05, 3.63) is 39.3 Å². The van der Waals surface area contributed by atoms with E-state index in [9.17, 15) is 0 Å². The van der Waals surface area contributed by atoms with Crippen LogP contribution in [-0.2, 0) is 6.54 Å². The summed E-state index contributed by atoms with van der Waals surface area (Å²) in [7, 11) is 0. The fraction of sp³-hybridized carbons (Fsp3) is 0.500. The molecular weight excluding hydrogens is 242 g/mol. The molecule has 0 aromatic carbocycles. The van der Waals surface area contributed by atoms with Crippen LogP contribution in [0.3, 0.4) is 0 Å². The standard InChI is InChI=1S/C14H21N3S/c1-5-15-14(12-7-8-16-17(12)6-2)13-9-10(3)11(4)18-13/h7-9,14-15H,5-6H2,1-4H3.